The van der Waals surface area contributed by atoms with Gasteiger partial charge in [-0.15, -0.1) is 0 Å². The fraction of sp³-hybridized carbons (Fsp3) is 0.579. The number of nitrogens with zero attached hydrogens (tertiary/aromatic N) is 1. The summed E-state index contributed by atoms with van der Waals surface area (Å²) in [4.78, 5) is 27.2. The SMILES string of the molecule is NCC1(C(=O)N2CCC(C(=O)Nc3cccc(F)c3)CC2)CCOCC1. The number of nitrogens with one attached hydrogen (secondary N) is 1. The van der Waals surface area contributed by atoms with Gasteiger partial charge in [-0.1, -0.05) is 6.07 Å². The number of hydrogen-bond acceptors (Lipinski definition) is 4. The fourth-order valence-corrected chi connectivity index (χ4v) is 3.76. The molecule has 0 bridgehead atoms. The highest BCUT2D eigenvalue weighted by Crippen LogP contribution is 2.33. The summed E-state index contributed by atoms with van der Waals surface area (Å²) in [5.74, 6) is -0.591. The molecule has 7 heteroatoms. The number of halogens is 1. The number of nitrogens with two attached hydrogens (primary N) is 1. The molecule has 1 aromatic rings. The highest BCUT2D eigenvalue weighted by Gasteiger charge is 2.42. The second-order valence-electron chi connectivity index (χ2n) is 7.16. The molecule has 2 aliphatic rings. The normalized spacial score (nSPS) is 20.6. The van der Waals surface area contributed by atoms with E-state index in [-0.39, 0.29) is 23.5 Å². The molecule has 2 fully saturated rings. The Morgan fingerprint density at radius 1 is 1.27 bits per heavy atom. The molecule has 0 atom stereocenters. The third-order valence-electron chi connectivity index (χ3n) is 5.54. The van der Waals surface area contributed by atoms with Crippen LogP contribution in [0.15, 0.2) is 24.3 Å². The topological polar surface area (TPSA) is 84.7 Å². The number of carbonyl (C=O) groups excluding carboxylic acids is 2. The molecule has 0 unspecified atom stereocenters. The predicted molar refractivity (Wildman–Crippen MR) is 95.9 cm³/mol. The summed E-state index contributed by atoms with van der Waals surface area (Å²) in [5, 5.41) is 2.76. The standard InChI is InChI=1S/C19H26FN3O3/c20-15-2-1-3-16(12-15)22-17(24)14-4-8-23(9-5-14)18(25)19(13-21)6-10-26-11-7-19/h1-3,12,14H,4-11,13,21H2,(H,22,24). The van der Waals surface area contributed by atoms with E-state index in [4.69, 9.17) is 10.5 Å². The average molecular weight is 363 g/mol. The smallest absolute Gasteiger partial charge is 0.230 e. The zero-order valence-electron chi connectivity index (χ0n) is 14.9. The summed E-state index contributed by atoms with van der Waals surface area (Å²) in [6, 6.07) is 5.86. The summed E-state index contributed by atoms with van der Waals surface area (Å²) in [5.41, 5.74) is 5.86. The monoisotopic (exact) mass is 363 g/mol. The first-order valence-electron chi connectivity index (χ1n) is 9.18. The number of likely N-dealkylation sites (tertiary alicyclic amines) is 1. The second kappa shape index (κ2) is 8.14. The maximum absolute atomic E-state index is 13.2. The first kappa shape index (κ1) is 18.8. The van der Waals surface area contributed by atoms with Gasteiger partial charge in [0.15, 0.2) is 0 Å². The number of hydrogen-bond donors (Lipinski definition) is 2. The van der Waals surface area contributed by atoms with Crippen molar-refractivity contribution in [3.05, 3.63) is 30.1 Å². The lowest BCUT2D eigenvalue weighted by Crippen LogP contribution is -2.53. The van der Waals surface area contributed by atoms with Crippen molar-refractivity contribution in [2.24, 2.45) is 17.1 Å². The zero-order valence-corrected chi connectivity index (χ0v) is 14.9. The minimum Gasteiger partial charge on any atom is -0.381 e. The van der Waals surface area contributed by atoms with Gasteiger partial charge in [0, 0.05) is 44.5 Å². The van der Waals surface area contributed by atoms with Crippen molar-refractivity contribution < 1.29 is 18.7 Å². The van der Waals surface area contributed by atoms with E-state index in [9.17, 15) is 14.0 Å². The molecule has 0 aromatic heterocycles. The van der Waals surface area contributed by atoms with E-state index in [1.165, 1.54) is 12.1 Å². The second-order valence-corrected chi connectivity index (χ2v) is 7.16. The van der Waals surface area contributed by atoms with Crippen molar-refractivity contribution in [1.29, 1.82) is 0 Å². The molecule has 0 aliphatic carbocycles. The van der Waals surface area contributed by atoms with E-state index in [2.05, 4.69) is 5.32 Å². The van der Waals surface area contributed by atoms with Crippen molar-refractivity contribution in [3.63, 3.8) is 0 Å². The third kappa shape index (κ3) is 4.04. The van der Waals surface area contributed by atoms with Gasteiger partial charge in [0.1, 0.15) is 5.82 Å². The van der Waals surface area contributed by atoms with Crippen LogP contribution in [-0.2, 0) is 14.3 Å². The molecule has 26 heavy (non-hydrogen) atoms. The lowest BCUT2D eigenvalue weighted by molar-refractivity contribution is -0.149. The highest BCUT2D eigenvalue weighted by atomic mass is 19.1. The van der Waals surface area contributed by atoms with Crippen LogP contribution < -0.4 is 11.1 Å². The molecule has 2 amide bonds. The molecule has 1 aromatic carbocycles. The van der Waals surface area contributed by atoms with E-state index < -0.39 is 5.41 Å². The van der Waals surface area contributed by atoms with Crippen LogP contribution in [-0.4, -0.2) is 49.6 Å². The number of amides is 2. The van der Waals surface area contributed by atoms with Gasteiger partial charge in [-0.2, -0.15) is 0 Å². The quantitative estimate of drug-likeness (QED) is 0.854. The molecule has 2 saturated heterocycles. The predicted octanol–water partition coefficient (Wildman–Crippen LogP) is 1.76. The largest absolute Gasteiger partial charge is 0.381 e. The lowest BCUT2D eigenvalue weighted by atomic mass is 9.78. The molecule has 2 aliphatic heterocycles. The summed E-state index contributed by atoms with van der Waals surface area (Å²) in [6.07, 6.45) is 2.51. The number of carbonyl (C=O) groups is 2. The van der Waals surface area contributed by atoms with Crippen molar-refractivity contribution in [3.8, 4) is 0 Å². The molecule has 6 nitrogen and oxygen atoms in total. The molecule has 3 N–H and O–H groups in total. The zero-order chi connectivity index (χ0) is 18.6. The first-order chi connectivity index (χ1) is 12.5. The maximum atomic E-state index is 13.2. The van der Waals surface area contributed by atoms with Gasteiger partial charge in [0.2, 0.25) is 11.8 Å². The highest BCUT2D eigenvalue weighted by molar-refractivity contribution is 5.92. The van der Waals surface area contributed by atoms with E-state index in [0.29, 0.717) is 64.2 Å². The minimum atomic E-state index is -0.519. The fourth-order valence-electron chi connectivity index (χ4n) is 3.76. The molecule has 0 saturated carbocycles. The number of ether oxygens (including phenoxy) is 1. The van der Waals surface area contributed by atoms with Gasteiger partial charge in [-0.3, -0.25) is 9.59 Å². The van der Waals surface area contributed by atoms with E-state index in [0.717, 1.165) is 0 Å². The molecular formula is C19H26FN3O3. The molecular weight excluding hydrogens is 337 g/mol. The van der Waals surface area contributed by atoms with Crippen molar-refractivity contribution in [2.45, 2.75) is 25.7 Å². The Labute approximate surface area is 152 Å². The Kier molecular flexibility index (Phi) is 5.88. The Balaban J connectivity index is 1.55. The number of anilines is 1. The molecule has 0 spiro atoms. The van der Waals surface area contributed by atoms with Gasteiger partial charge in [0.25, 0.3) is 0 Å². The van der Waals surface area contributed by atoms with Gasteiger partial charge in [-0.05, 0) is 43.9 Å². The average Bonchev–Trinajstić information content (AvgIpc) is 2.68. The minimum absolute atomic E-state index is 0.0901. The number of rotatable bonds is 4. The van der Waals surface area contributed by atoms with Crippen LogP contribution in [0.2, 0.25) is 0 Å². The maximum Gasteiger partial charge on any atom is 0.230 e. The van der Waals surface area contributed by atoms with Crippen LogP contribution in [0, 0.1) is 17.2 Å². The van der Waals surface area contributed by atoms with Crippen LogP contribution in [0.25, 0.3) is 0 Å². The molecule has 142 valence electrons. The Hall–Kier alpha value is -1.99. The van der Waals surface area contributed by atoms with Crippen LogP contribution in [0.1, 0.15) is 25.7 Å². The molecule has 3 rings (SSSR count). The molecule has 2 heterocycles. The van der Waals surface area contributed by atoms with Crippen LogP contribution in [0.3, 0.4) is 0 Å². The number of benzene rings is 1. The molecule has 0 radical (unpaired) electrons. The van der Waals surface area contributed by atoms with Crippen molar-refractivity contribution in [1.82, 2.24) is 4.90 Å². The van der Waals surface area contributed by atoms with Gasteiger partial charge >= 0.3 is 0 Å². The lowest BCUT2D eigenvalue weighted by Gasteiger charge is -2.41. The Morgan fingerprint density at radius 2 is 1.96 bits per heavy atom. The number of piperidine rings is 1. The summed E-state index contributed by atoms with van der Waals surface area (Å²) >= 11 is 0. The Bertz CT molecular complexity index is 653. The van der Waals surface area contributed by atoms with Crippen molar-refractivity contribution in [2.75, 3.05) is 38.2 Å². The van der Waals surface area contributed by atoms with Crippen molar-refractivity contribution >= 4 is 17.5 Å². The summed E-state index contributed by atoms with van der Waals surface area (Å²) < 4.78 is 18.6. The van der Waals surface area contributed by atoms with Gasteiger partial charge < -0.3 is 20.7 Å². The van der Waals surface area contributed by atoms with E-state index in [1.54, 1.807) is 12.1 Å². The van der Waals surface area contributed by atoms with Crippen LogP contribution >= 0.6 is 0 Å². The van der Waals surface area contributed by atoms with Gasteiger partial charge in [0.05, 0.1) is 5.41 Å². The van der Waals surface area contributed by atoms with E-state index in [1.807, 2.05) is 4.90 Å². The first-order valence-corrected chi connectivity index (χ1v) is 9.18. The summed E-state index contributed by atoms with van der Waals surface area (Å²) in [7, 11) is 0. The van der Waals surface area contributed by atoms with Crippen LogP contribution in [0.5, 0.6) is 0 Å². The third-order valence-corrected chi connectivity index (χ3v) is 5.54. The van der Waals surface area contributed by atoms with Gasteiger partial charge in [-0.25, -0.2) is 4.39 Å². The van der Waals surface area contributed by atoms with Crippen LogP contribution in [0.4, 0.5) is 10.1 Å². The van der Waals surface area contributed by atoms with E-state index >= 15 is 0 Å². The Morgan fingerprint density at radius 3 is 2.58 bits per heavy atom. The summed E-state index contributed by atoms with van der Waals surface area (Å²) in [6.45, 7) is 2.55.